The first-order valence-corrected chi connectivity index (χ1v) is 6.89. The van der Waals surface area contributed by atoms with Gasteiger partial charge >= 0.3 is 0 Å². The van der Waals surface area contributed by atoms with Crippen LogP contribution in [0.2, 0.25) is 5.02 Å². The van der Waals surface area contributed by atoms with Crippen LogP contribution in [0, 0.1) is 0 Å². The Hall–Kier alpha value is -0.910. The van der Waals surface area contributed by atoms with Gasteiger partial charge in [-0.3, -0.25) is 9.78 Å². The summed E-state index contributed by atoms with van der Waals surface area (Å²) in [6.45, 7) is 0. The number of pyridine rings is 1. The molecule has 0 saturated carbocycles. The van der Waals surface area contributed by atoms with Gasteiger partial charge in [0.1, 0.15) is 0 Å². The quantitative estimate of drug-likeness (QED) is 0.820. The van der Waals surface area contributed by atoms with Gasteiger partial charge in [0, 0.05) is 20.7 Å². The minimum absolute atomic E-state index is 0.244. The molecule has 0 atom stereocenters. The third-order valence-electron chi connectivity index (χ3n) is 2.14. The summed E-state index contributed by atoms with van der Waals surface area (Å²) in [4.78, 5) is 15.9. The normalized spacial score (nSPS) is 10.2. The van der Waals surface area contributed by atoms with Crippen molar-refractivity contribution < 1.29 is 4.79 Å². The van der Waals surface area contributed by atoms with E-state index in [2.05, 4.69) is 42.2 Å². The Morgan fingerprint density at radius 3 is 2.50 bits per heavy atom. The Kier molecular flexibility index (Phi) is 4.37. The Labute approximate surface area is 126 Å². The second-order valence-corrected chi connectivity index (χ2v) is 5.71. The van der Waals surface area contributed by atoms with Gasteiger partial charge in [0.15, 0.2) is 0 Å². The highest BCUT2D eigenvalue weighted by Gasteiger charge is 2.09. The highest BCUT2D eigenvalue weighted by molar-refractivity contribution is 9.11. The lowest BCUT2D eigenvalue weighted by atomic mass is 10.2. The van der Waals surface area contributed by atoms with Crippen LogP contribution in [0.15, 0.2) is 45.6 Å². The topological polar surface area (TPSA) is 42.0 Å². The van der Waals surface area contributed by atoms with E-state index in [-0.39, 0.29) is 5.91 Å². The Morgan fingerprint density at radius 2 is 1.89 bits per heavy atom. The molecule has 3 nitrogen and oxygen atoms in total. The molecule has 0 radical (unpaired) electrons. The van der Waals surface area contributed by atoms with Crippen LogP contribution in [-0.4, -0.2) is 10.9 Å². The summed E-state index contributed by atoms with van der Waals surface area (Å²) in [6.07, 6.45) is 3.07. The van der Waals surface area contributed by atoms with Gasteiger partial charge in [0.05, 0.1) is 16.9 Å². The van der Waals surface area contributed by atoms with E-state index in [9.17, 15) is 4.79 Å². The third-order valence-corrected chi connectivity index (χ3v) is 3.39. The van der Waals surface area contributed by atoms with Gasteiger partial charge in [-0.1, -0.05) is 43.5 Å². The molecule has 1 amide bonds. The molecule has 0 spiro atoms. The van der Waals surface area contributed by atoms with Crippen molar-refractivity contribution in [3.8, 4) is 0 Å². The summed E-state index contributed by atoms with van der Waals surface area (Å²) in [6, 6.07) is 6.93. The van der Waals surface area contributed by atoms with Gasteiger partial charge in [-0.2, -0.15) is 0 Å². The largest absolute Gasteiger partial charge is 0.319 e. The zero-order valence-electron chi connectivity index (χ0n) is 8.95. The van der Waals surface area contributed by atoms with Crippen LogP contribution in [0.3, 0.4) is 0 Å². The van der Waals surface area contributed by atoms with E-state index >= 15 is 0 Å². The fourth-order valence-corrected chi connectivity index (χ4v) is 2.79. The molecule has 0 unspecified atom stereocenters. The summed E-state index contributed by atoms with van der Waals surface area (Å²) in [5.41, 5.74) is 1.01. The number of hydrogen-bond acceptors (Lipinski definition) is 2. The molecule has 2 rings (SSSR count). The lowest BCUT2D eigenvalue weighted by Gasteiger charge is -2.07. The highest BCUT2D eigenvalue weighted by Crippen LogP contribution is 2.23. The number of rotatable bonds is 2. The summed E-state index contributed by atoms with van der Waals surface area (Å²) in [5, 5.41) is 3.16. The fraction of sp³-hybridized carbons (Fsp3) is 0. The number of carbonyl (C=O) groups is 1. The van der Waals surface area contributed by atoms with Crippen molar-refractivity contribution in [1.82, 2.24) is 4.98 Å². The van der Waals surface area contributed by atoms with Crippen molar-refractivity contribution in [1.29, 1.82) is 0 Å². The van der Waals surface area contributed by atoms with Crippen molar-refractivity contribution in [3.05, 3.63) is 56.2 Å². The van der Waals surface area contributed by atoms with Gasteiger partial charge in [0.2, 0.25) is 0 Å². The number of anilines is 1. The van der Waals surface area contributed by atoms with Crippen LogP contribution in [0.1, 0.15) is 10.4 Å². The molecule has 1 N–H and O–H groups in total. The molecule has 0 aliphatic carbocycles. The van der Waals surface area contributed by atoms with Gasteiger partial charge in [0.25, 0.3) is 5.91 Å². The first-order valence-electron chi connectivity index (χ1n) is 4.93. The number of aromatic nitrogens is 1. The predicted octanol–water partition coefficient (Wildman–Crippen LogP) is 4.51. The number of hydrogen-bond donors (Lipinski definition) is 1. The van der Waals surface area contributed by atoms with Crippen LogP contribution in [0.5, 0.6) is 0 Å². The van der Waals surface area contributed by atoms with Crippen LogP contribution in [-0.2, 0) is 0 Å². The van der Waals surface area contributed by atoms with E-state index in [0.717, 1.165) is 8.95 Å². The predicted molar refractivity (Wildman–Crippen MR) is 79.0 cm³/mol. The highest BCUT2D eigenvalue weighted by atomic mass is 79.9. The van der Waals surface area contributed by atoms with Gasteiger partial charge in [-0.25, -0.2) is 0 Å². The first kappa shape index (κ1) is 13.5. The van der Waals surface area contributed by atoms with E-state index in [1.807, 2.05) is 6.07 Å². The number of carbonyl (C=O) groups excluding carboxylic acids is 1. The maximum Gasteiger partial charge on any atom is 0.255 e. The summed E-state index contributed by atoms with van der Waals surface area (Å²) in [7, 11) is 0. The summed E-state index contributed by atoms with van der Waals surface area (Å²) in [5.74, 6) is -0.244. The SMILES string of the molecule is O=C(Nc1cnccc1Cl)c1cc(Br)cc(Br)c1. The second-order valence-electron chi connectivity index (χ2n) is 3.47. The second kappa shape index (κ2) is 5.82. The molecule has 92 valence electrons. The summed E-state index contributed by atoms with van der Waals surface area (Å²) >= 11 is 12.6. The molecular weight excluding hydrogens is 383 g/mol. The van der Waals surface area contributed by atoms with E-state index in [1.165, 1.54) is 6.20 Å². The summed E-state index contributed by atoms with van der Waals surface area (Å²) < 4.78 is 1.64. The van der Waals surface area contributed by atoms with E-state index in [4.69, 9.17) is 11.6 Å². The number of halogens is 3. The average molecular weight is 390 g/mol. The van der Waals surface area contributed by atoms with Crippen molar-refractivity contribution in [2.45, 2.75) is 0 Å². The lowest BCUT2D eigenvalue weighted by Crippen LogP contribution is -2.12. The molecular formula is C12H7Br2ClN2O. The molecule has 0 bridgehead atoms. The number of nitrogens with zero attached hydrogens (tertiary/aromatic N) is 1. The van der Waals surface area contributed by atoms with Crippen LogP contribution >= 0.6 is 43.5 Å². The van der Waals surface area contributed by atoms with Crippen molar-refractivity contribution >= 4 is 55.1 Å². The van der Waals surface area contributed by atoms with E-state index in [1.54, 1.807) is 24.4 Å². The average Bonchev–Trinajstić information content (AvgIpc) is 2.31. The van der Waals surface area contributed by atoms with Crippen molar-refractivity contribution in [3.63, 3.8) is 0 Å². The maximum absolute atomic E-state index is 12.0. The van der Waals surface area contributed by atoms with E-state index in [0.29, 0.717) is 16.3 Å². The molecule has 0 aliphatic heterocycles. The third kappa shape index (κ3) is 3.31. The molecule has 6 heteroatoms. The van der Waals surface area contributed by atoms with Gasteiger partial charge < -0.3 is 5.32 Å². The van der Waals surface area contributed by atoms with Gasteiger partial charge in [-0.15, -0.1) is 0 Å². The zero-order chi connectivity index (χ0) is 13.1. The molecule has 0 fully saturated rings. The standard InChI is InChI=1S/C12H7Br2ClN2O/c13-8-3-7(4-9(14)5-8)12(18)17-11-6-16-2-1-10(11)15/h1-6H,(H,17,18). The molecule has 1 aromatic heterocycles. The Morgan fingerprint density at radius 1 is 1.22 bits per heavy atom. The Bertz CT molecular complexity index is 584. The van der Waals surface area contributed by atoms with Crippen LogP contribution in [0.4, 0.5) is 5.69 Å². The molecule has 0 saturated heterocycles. The minimum Gasteiger partial charge on any atom is -0.319 e. The van der Waals surface area contributed by atoms with Crippen molar-refractivity contribution in [2.24, 2.45) is 0 Å². The molecule has 0 aliphatic rings. The maximum atomic E-state index is 12.0. The molecule has 1 heterocycles. The smallest absolute Gasteiger partial charge is 0.255 e. The molecule has 18 heavy (non-hydrogen) atoms. The lowest BCUT2D eigenvalue weighted by molar-refractivity contribution is 0.102. The monoisotopic (exact) mass is 388 g/mol. The fourth-order valence-electron chi connectivity index (χ4n) is 1.35. The zero-order valence-corrected chi connectivity index (χ0v) is 12.9. The molecule has 2 aromatic rings. The van der Waals surface area contributed by atoms with Crippen molar-refractivity contribution in [2.75, 3.05) is 5.32 Å². The number of benzene rings is 1. The molecule has 1 aromatic carbocycles. The minimum atomic E-state index is -0.244. The van der Waals surface area contributed by atoms with E-state index < -0.39 is 0 Å². The number of amides is 1. The van der Waals surface area contributed by atoms with Gasteiger partial charge in [-0.05, 0) is 24.3 Å². The Balaban J connectivity index is 2.25. The number of nitrogens with one attached hydrogen (secondary N) is 1. The van der Waals surface area contributed by atoms with Crippen LogP contribution < -0.4 is 5.32 Å². The first-order chi connectivity index (χ1) is 8.56. The van der Waals surface area contributed by atoms with Crippen LogP contribution in [0.25, 0.3) is 0 Å².